The molecular formula is C45H60F2N5O12P. The Hall–Kier alpha value is -5.52. The van der Waals surface area contributed by atoms with E-state index in [9.17, 15) is 38.1 Å². The molecule has 0 radical (unpaired) electrons. The molecular weight excluding hydrogens is 871 g/mol. The molecule has 0 aromatic heterocycles. The summed E-state index contributed by atoms with van der Waals surface area (Å²) in [6, 6.07) is 10.0. The van der Waals surface area contributed by atoms with Crippen molar-refractivity contribution >= 4 is 55.1 Å². The van der Waals surface area contributed by atoms with Gasteiger partial charge in [-0.15, -0.1) is 0 Å². The number of alkyl halides is 2. The molecule has 2 aromatic carbocycles. The number of halogens is 2. The van der Waals surface area contributed by atoms with E-state index in [1.54, 1.807) is 0 Å². The molecule has 356 valence electrons. The van der Waals surface area contributed by atoms with Crippen LogP contribution in [0.5, 0.6) is 0 Å². The highest BCUT2D eigenvalue weighted by molar-refractivity contribution is 7.54. The topological polar surface area (TPSA) is 239 Å². The molecule has 0 saturated carbocycles. The summed E-state index contributed by atoms with van der Waals surface area (Å²) >= 11 is 0. The van der Waals surface area contributed by atoms with Crippen molar-refractivity contribution in [3.63, 3.8) is 0 Å². The van der Waals surface area contributed by atoms with Crippen molar-refractivity contribution in [2.24, 2.45) is 16.6 Å². The number of amides is 5. The zero-order chi connectivity index (χ0) is 48.2. The first-order valence-corrected chi connectivity index (χ1v) is 22.9. The second kappa shape index (κ2) is 22.6. The fraction of sp³-hybridized carbons (Fsp3) is 0.533. The van der Waals surface area contributed by atoms with E-state index in [1.165, 1.54) is 64.7 Å². The molecule has 2 saturated heterocycles. The molecule has 5 amide bonds. The van der Waals surface area contributed by atoms with Gasteiger partial charge in [-0.05, 0) is 90.8 Å². The van der Waals surface area contributed by atoms with Crippen LogP contribution in [0.1, 0.15) is 110 Å². The van der Waals surface area contributed by atoms with Gasteiger partial charge in [0.05, 0.1) is 10.8 Å². The minimum Gasteiger partial charge on any atom is -0.438 e. The second-order valence-corrected chi connectivity index (χ2v) is 20.0. The van der Waals surface area contributed by atoms with Gasteiger partial charge < -0.3 is 36.1 Å². The molecule has 2 fully saturated rings. The fourth-order valence-corrected chi connectivity index (χ4v) is 8.18. The highest BCUT2D eigenvalue weighted by atomic mass is 31.2. The largest absolute Gasteiger partial charge is 0.438 e. The molecule has 4 rings (SSSR count). The van der Waals surface area contributed by atoms with Crippen molar-refractivity contribution in [1.82, 2.24) is 20.9 Å². The summed E-state index contributed by atoms with van der Waals surface area (Å²) in [5, 5.41) is 8.21. The van der Waals surface area contributed by atoms with E-state index >= 15 is 8.78 Å². The van der Waals surface area contributed by atoms with Crippen molar-refractivity contribution in [3.05, 3.63) is 77.4 Å². The third-order valence-corrected chi connectivity index (χ3v) is 12.5. The number of hydrogen-bond acceptors (Lipinski definition) is 12. The normalized spacial score (nSPS) is 18.7. The summed E-state index contributed by atoms with van der Waals surface area (Å²) in [6.07, 6.45) is 5.27. The van der Waals surface area contributed by atoms with Gasteiger partial charge in [0.15, 0.2) is 0 Å². The molecule has 17 nitrogen and oxygen atoms in total. The van der Waals surface area contributed by atoms with Crippen LogP contribution in [0.3, 0.4) is 0 Å². The van der Waals surface area contributed by atoms with E-state index < -0.39 is 103 Å². The minimum atomic E-state index is -5.56. The molecule has 20 heteroatoms. The standard InChI is InChI=1S/C45H60F2N5O12P/c1-43(2,3)41(58)61-27-63-65(60,64-28-62-42(59)44(4,5)6)45(46,47)31-19-16-29(17-20-31)18-25-37(54)50-34-15-11-10-14-32-21-23-35(52(32)40(34)57)39(56)51-33(22-24-36(48)53)38(55)49-26-30-12-8-7-9-13-30/h7-9,12-13,16-20,25,32-35H,10-11,14-15,21-24,26-28H2,1-6H3,(H2,48,53)(H,49,55)(H,50,54)(H,51,56)/b25-18+/t32?,33-,34-,35-/m0/s1. The molecule has 65 heavy (non-hydrogen) atoms. The molecule has 2 aromatic rings. The number of carbonyl (C=O) groups is 7. The second-order valence-electron chi connectivity index (χ2n) is 18.0. The number of rotatable bonds is 19. The lowest BCUT2D eigenvalue weighted by Crippen LogP contribution is -2.58. The Labute approximate surface area is 377 Å². The highest BCUT2D eigenvalue weighted by Gasteiger charge is 2.56. The third kappa shape index (κ3) is 14.7. The van der Waals surface area contributed by atoms with E-state index in [4.69, 9.17) is 24.3 Å². The molecule has 0 spiro atoms. The first-order valence-electron chi connectivity index (χ1n) is 21.4. The molecule has 0 bridgehead atoms. The van der Waals surface area contributed by atoms with Crippen molar-refractivity contribution in [1.29, 1.82) is 0 Å². The molecule has 2 heterocycles. The molecule has 4 atom stereocenters. The zero-order valence-corrected chi connectivity index (χ0v) is 38.5. The van der Waals surface area contributed by atoms with Crippen molar-refractivity contribution in [2.75, 3.05) is 13.6 Å². The molecule has 2 aliphatic heterocycles. The number of esters is 2. The van der Waals surface area contributed by atoms with Crippen LogP contribution >= 0.6 is 7.60 Å². The maximum Gasteiger partial charge on any atom is 0.410 e. The first kappa shape index (κ1) is 52.1. The summed E-state index contributed by atoms with van der Waals surface area (Å²) in [6.45, 7) is 6.93. The molecule has 1 unspecified atom stereocenters. The van der Waals surface area contributed by atoms with Gasteiger partial charge in [0.1, 0.15) is 18.1 Å². The number of carbonyl (C=O) groups excluding carboxylic acids is 7. The van der Waals surface area contributed by atoms with Crippen molar-refractivity contribution in [2.45, 2.75) is 129 Å². The van der Waals surface area contributed by atoms with Crippen molar-refractivity contribution in [3.8, 4) is 0 Å². The Bertz CT molecular complexity index is 2070. The predicted octanol–water partition coefficient (Wildman–Crippen LogP) is 5.55. The van der Waals surface area contributed by atoms with Crippen LogP contribution in [-0.2, 0) is 68.9 Å². The summed E-state index contributed by atoms with van der Waals surface area (Å²) in [5.74, 6) is -4.57. The summed E-state index contributed by atoms with van der Waals surface area (Å²) in [7, 11) is -5.56. The van der Waals surface area contributed by atoms with E-state index in [0.717, 1.165) is 30.2 Å². The number of primary amides is 1. The van der Waals surface area contributed by atoms with Crippen LogP contribution < -0.4 is 21.7 Å². The predicted molar refractivity (Wildman–Crippen MR) is 233 cm³/mol. The van der Waals surface area contributed by atoms with Crippen LogP contribution in [0.25, 0.3) is 6.08 Å². The summed E-state index contributed by atoms with van der Waals surface area (Å²) < 4.78 is 65.2. The van der Waals surface area contributed by atoms with E-state index in [0.29, 0.717) is 25.7 Å². The number of ether oxygens (including phenoxy) is 2. The maximum absolute atomic E-state index is 16.0. The van der Waals surface area contributed by atoms with Crippen LogP contribution in [0.4, 0.5) is 8.78 Å². The van der Waals surface area contributed by atoms with Crippen LogP contribution in [-0.4, -0.2) is 84.1 Å². The zero-order valence-electron chi connectivity index (χ0n) is 37.6. The van der Waals surface area contributed by atoms with Crippen LogP contribution in [0.2, 0.25) is 0 Å². The van der Waals surface area contributed by atoms with Gasteiger partial charge in [0.25, 0.3) is 0 Å². The van der Waals surface area contributed by atoms with E-state index in [-0.39, 0.29) is 37.4 Å². The van der Waals surface area contributed by atoms with Gasteiger partial charge in [-0.2, -0.15) is 8.78 Å². The average Bonchev–Trinajstić information content (AvgIpc) is 3.66. The smallest absolute Gasteiger partial charge is 0.410 e. The number of fused-ring (bicyclic) bond motifs is 1. The molecule has 5 N–H and O–H groups in total. The number of nitrogens with two attached hydrogens (primary N) is 1. The Morgan fingerprint density at radius 1 is 0.846 bits per heavy atom. The van der Waals surface area contributed by atoms with Gasteiger partial charge in [0.2, 0.25) is 43.1 Å². The van der Waals surface area contributed by atoms with Crippen molar-refractivity contribution < 1.29 is 65.4 Å². The van der Waals surface area contributed by atoms with Gasteiger partial charge in [-0.25, -0.2) is 0 Å². The van der Waals surface area contributed by atoms with E-state index in [1.807, 2.05) is 30.3 Å². The van der Waals surface area contributed by atoms with Crippen LogP contribution in [0.15, 0.2) is 60.7 Å². The Kier molecular flexibility index (Phi) is 18.1. The monoisotopic (exact) mass is 931 g/mol. The lowest BCUT2D eigenvalue weighted by Gasteiger charge is -2.35. The lowest BCUT2D eigenvalue weighted by molar-refractivity contribution is -0.163. The average molecular weight is 932 g/mol. The fourth-order valence-electron chi connectivity index (χ4n) is 6.93. The SMILES string of the molecule is CC(C)(C)C(=O)OCOP(=O)(OCOC(=O)C(C)(C)C)C(F)(F)c1ccc(/C=C/C(=O)N[C@H]2CCCCC3CC[C@@H](C(=O)N[C@@H](CCC(N)=O)C(=O)NCc4ccccc4)N3C2=O)cc1. The van der Waals surface area contributed by atoms with Crippen LogP contribution in [0, 0.1) is 10.8 Å². The Balaban J connectivity index is 1.43. The highest BCUT2D eigenvalue weighted by Crippen LogP contribution is 2.67. The first-order chi connectivity index (χ1) is 30.4. The maximum atomic E-state index is 16.0. The van der Waals surface area contributed by atoms with Gasteiger partial charge in [0, 0.05) is 30.6 Å². The minimum absolute atomic E-state index is 0.0570. The number of benzene rings is 2. The van der Waals surface area contributed by atoms with Gasteiger partial charge in [-0.1, -0.05) is 67.4 Å². The lowest BCUT2D eigenvalue weighted by atomic mass is 9.98. The Morgan fingerprint density at radius 2 is 1.43 bits per heavy atom. The van der Waals surface area contributed by atoms with E-state index in [2.05, 4.69) is 16.0 Å². The summed E-state index contributed by atoms with van der Waals surface area (Å²) in [4.78, 5) is 91.9. The third-order valence-electron chi connectivity index (χ3n) is 10.7. The number of hydrogen-bond donors (Lipinski definition) is 4. The number of nitrogens with one attached hydrogen (secondary N) is 3. The molecule has 2 aliphatic rings. The molecule has 0 aliphatic carbocycles. The number of nitrogens with zero attached hydrogens (tertiary/aromatic N) is 1. The Morgan fingerprint density at radius 3 is 2.00 bits per heavy atom. The summed E-state index contributed by atoms with van der Waals surface area (Å²) in [5.41, 5.74) is -0.817. The van der Waals surface area contributed by atoms with Gasteiger partial charge >= 0.3 is 25.2 Å². The van der Waals surface area contributed by atoms with Gasteiger partial charge in [-0.3, -0.25) is 47.2 Å². The quantitative estimate of drug-likeness (QED) is 0.0587.